The Bertz CT molecular complexity index is 479. The fraction of sp³-hybridized carbons (Fsp3) is 0.667. The van der Waals surface area contributed by atoms with E-state index in [1.807, 2.05) is 5.38 Å². The highest BCUT2D eigenvalue weighted by Gasteiger charge is 2.54. The molecule has 0 atom stereocenters. The molecule has 1 saturated carbocycles. The normalized spacial score (nSPS) is 18.6. The van der Waals surface area contributed by atoms with E-state index in [2.05, 4.69) is 4.98 Å². The minimum absolute atomic E-state index is 0.416. The highest BCUT2D eigenvalue weighted by Crippen LogP contribution is 2.48. The number of ether oxygens (including phenoxy) is 1. The van der Waals surface area contributed by atoms with Crippen LogP contribution in [0.15, 0.2) is 5.38 Å². The molecule has 0 radical (unpaired) electrons. The zero-order chi connectivity index (χ0) is 11.8. The van der Waals surface area contributed by atoms with Crippen molar-refractivity contribution in [2.45, 2.75) is 30.6 Å². The Labute approximate surface area is 103 Å². The monoisotopic (exact) mass is 281 g/mol. The first-order chi connectivity index (χ1) is 7.47. The van der Waals surface area contributed by atoms with Crippen molar-refractivity contribution in [3.63, 3.8) is 0 Å². The molecule has 4 nitrogen and oxygen atoms in total. The van der Waals surface area contributed by atoms with Crippen LogP contribution >= 0.6 is 22.0 Å². The number of hydrogen-bond acceptors (Lipinski definition) is 5. The predicted octanol–water partition coefficient (Wildman–Crippen LogP) is 1.93. The van der Waals surface area contributed by atoms with Gasteiger partial charge in [0.1, 0.15) is 5.01 Å². The van der Waals surface area contributed by atoms with Crippen LogP contribution in [0.4, 0.5) is 0 Å². The molecular formula is C9H12ClNO3S2. The number of halogens is 1. The molecule has 1 fully saturated rings. The van der Waals surface area contributed by atoms with Crippen LogP contribution in [-0.4, -0.2) is 25.3 Å². The molecule has 90 valence electrons. The van der Waals surface area contributed by atoms with Gasteiger partial charge in [0.2, 0.25) is 9.05 Å². The van der Waals surface area contributed by atoms with E-state index in [4.69, 9.17) is 15.4 Å². The summed E-state index contributed by atoms with van der Waals surface area (Å²) in [5.41, 5.74) is 0.791. The van der Waals surface area contributed by atoms with Crippen LogP contribution in [0.5, 0.6) is 0 Å². The first-order valence-corrected chi connectivity index (χ1v) is 8.02. The lowest BCUT2D eigenvalue weighted by atomic mass is 10.2. The molecule has 0 bridgehead atoms. The Hall–Kier alpha value is -0.170. The lowest BCUT2D eigenvalue weighted by molar-refractivity contribution is 0.184. The van der Waals surface area contributed by atoms with Crippen molar-refractivity contribution in [2.24, 2.45) is 0 Å². The maximum atomic E-state index is 11.4. The van der Waals surface area contributed by atoms with Gasteiger partial charge in [-0.05, 0) is 12.8 Å². The Morgan fingerprint density at radius 2 is 2.31 bits per heavy atom. The lowest BCUT2D eigenvalue weighted by Gasteiger charge is -2.08. The molecule has 1 aliphatic rings. The summed E-state index contributed by atoms with van der Waals surface area (Å²) in [6.07, 6.45) is 1.69. The van der Waals surface area contributed by atoms with E-state index in [9.17, 15) is 8.42 Å². The molecule has 0 aliphatic heterocycles. The number of thiazole rings is 1. The first kappa shape index (κ1) is 12.3. The van der Waals surface area contributed by atoms with E-state index in [1.54, 1.807) is 7.11 Å². The van der Waals surface area contributed by atoms with Crippen LogP contribution in [0.3, 0.4) is 0 Å². The minimum atomic E-state index is -3.49. The summed E-state index contributed by atoms with van der Waals surface area (Å²) in [6, 6.07) is 0. The second kappa shape index (κ2) is 4.25. The Balaban J connectivity index is 2.10. The van der Waals surface area contributed by atoms with Crippen molar-refractivity contribution in [2.75, 3.05) is 7.11 Å². The number of nitrogens with zero attached hydrogens (tertiary/aromatic N) is 1. The van der Waals surface area contributed by atoms with Crippen molar-refractivity contribution in [3.05, 3.63) is 16.1 Å². The van der Waals surface area contributed by atoms with Gasteiger partial charge >= 0.3 is 0 Å². The molecule has 0 saturated heterocycles. The molecule has 0 unspecified atom stereocenters. The average molecular weight is 282 g/mol. The van der Waals surface area contributed by atoms with E-state index >= 15 is 0 Å². The zero-order valence-corrected chi connectivity index (χ0v) is 11.2. The first-order valence-electron chi connectivity index (χ1n) is 4.83. The predicted molar refractivity (Wildman–Crippen MR) is 63.3 cm³/mol. The van der Waals surface area contributed by atoms with Crippen LogP contribution in [-0.2, 0) is 26.8 Å². The summed E-state index contributed by atoms with van der Waals surface area (Å²) in [5, 5.41) is 2.73. The average Bonchev–Trinajstić information content (AvgIpc) is 2.83. The van der Waals surface area contributed by atoms with Crippen LogP contribution in [0.25, 0.3) is 0 Å². The van der Waals surface area contributed by atoms with E-state index in [-0.39, 0.29) is 0 Å². The molecule has 7 heteroatoms. The maximum Gasteiger partial charge on any atom is 0.238 e. The topological polar surface area (TPSA) is 56.3 Å². The molecule has 1 aromatic rings. The summed E-state index contributed by atoms with van der Waals surface area (Å²) in [4.78, 5) is 4.31. The van der Waals surface area contributed by atoms with Gasteiger partial charge in [0.05, 0.1) is 17.0 Å². The fourth-order valence-electron chi connectivity index (χ4n) is 1.60. The molecule has 16 heavy (non-hydrogen) atoms. The largest absolute Gasteiger partial charge is 0.378 e. The highest BCUT2D eigenvalue weighted by atomic mass is 35.7. The van der Waals surface area contributed by atoms with Gasteiger partial charge in [-0.2, -0.15) is 0 Å². The van der Waals surface area contributed by atoms with Gasteiger partial charge in [-0.15, -0.1) is 11.3 Å². The van der Waals surface area contributed by atoms with Crippen LogP contribution in [0.2, 0.25) is 0 Å². The summed E-state index contributed by atoms with van der Waals surface area (Å²) >= 11 is 1.48. The molecule has 0 N–H and O–H groups in total. The van der Waals surface area contributed by atoms with E-state index in [0.717, 1.165) is 10.7 Å². The minimum Gasteiger partial charge on any atom is -0.378 e. The SMILES string of the molecule is COCc1nc(CC2(S(=O)(=O)Cl)CC2)cs1. The Kier molecular flexibility index (Phi) is 3.27. The van der Waals surface area contributed by atoms with Crippen molar-refractivity contribution >= 4 is 31.1 Å². The van der Waals surface area contributed by atoms with Gasteiger partial charge in [0, 0.05) is 29.6 Å². The van der Waals surface area contributed by atoms with Crippen molar-refractivity contribution in [1.29, 1.82) is 0 Å². The summed E-state index contributed by atoms with van der Waals surface area (Å²) in [7, 11) is 3.55. The number of hydrogen-bond donors (Lipinski definition) is 0. The fourth-order valence-corrected chi connectivity index (χ4v) is 3.90. The molecule has 0 amide bonds. The molecule has 0 spiro atoms. The standard InChI is InChI=1S/C9H12ClNO3S2/c1-14-5-8-11-7(6-15-8)4-9(2-3-9)16(10,12)13/h6H,2-5H2,1H3. The number of methoxy groups -OCH3 is 1. The summed E-state index contributed by atoms with van der Waals surface area (Å²) in [5.74, 6) is 0. The molecule has 1 heterocycles. The summed E-state index contributed by atoms with van der Waals surface area (Å²) in [6.45, 7) is 0.464. The molecule has 1 aliphatic carbocycles. The lowest BCUT2D eigenvalue weighted by Crippen LogP contribution is -2.21. The summed E-state index contributed by atoms with van der Waals surface area (Å²) < 4.78 is 26.9. The van der Waals surface area contributed by atoms with Crippen LogP contribution in [0.1, 0.15) is 23.5 Å². The highest BCUT2D eigenvalue weighted by molar-refractivity contribution is 8.15. The van der Waals surface area contributed by atoms with Crippen molar-refractivity contribution < 1.29 is 13.2 Å². The number of aromatic nitrogens is 1. The van der Waals surface area contributed by atoms with Crippen molar-refractivity contribution in [1.82, 2.24) is 4.98 Å². The second-order valence-corrected chi connectivity index (χ2v) is 7.87. The quantitative estimate of drug-likeness (QED) is 0.774. The van der Waals surface area contributed by atoms with E-state index in [0.29, 0.717) is 25.9 Å². The molecular weight excluding hydrogens is 270 g/mol. The van der Waals surface area contributed by atoms with Crippen LogP contribution < -0.4 is 0 Å². The van der Waals surface area contributed by atoms with Gasteiger partial charge in [0.25, 0.3) is 0 Å². The maximum absolute atomic E-state index is 11.4. The molecule has 2 rings (SSSR count). The molecule has 0 aromatic carbocycles. The van der Waals surface area contributed by atoms with Gasteiger partial charge in [-0.3, -0.25) is 0 Å². The third kappa shape index (κ3) is 2.40. The van der Waals surface area contributed by atoms with Crippen LogP contribution in [0, 0.1) is 0 Å². The van der Waals surface area contributed by atoms with Gasteiger partial charge < -0.3 is 4.74 Å². The second-order valence-electron chi connectivity index (χ2n) is 3.96. The molecule has 1 aromatic heterocycles. The van der Waals surface area contributed by atoms with Crippen molar-refractivity contribution in [3.8, 4) is 0 Å². The zero-order valence-electron chi connectivity index (χ0n) is 8.77. The third-order valence-corrected chi connectivity index (χ3v) is 6.14. The van der Waals surface area contributed by atoms with E-state index < -0.39 is 13.8 Å². The Morgan fingerprint density at radius 1 is 1.62 bits per heavy atom. The third-order valence-electron chi connectivity index (χ3n) is 2.70. The van der Waals surface area contributed by atoms with Gasteiger partial charge in [-0.25, -0.2) is 13.4 Å². The van der Waals surface area contributed by atoms with Gasteiger partial charge in [0.15, 0.2) is 0 Å². The van der Waals surface area contributed by atoms with Gasteiger partial charge in [-0.1, -0.05) is 0 Å². The smallest absolute Gasteiger partial charge is 0.238 e. The van der Waals surface area contributed by atoms with E-state index in [1.165, 1.54) is 11.3 Å². The Morgan fingerprint density at radius 3 is 2.81 bits per heavy atom. The number of rotatable bonds is 5.